The van der Waals surface area contributed by atoms with Gasteiger partial charge in [-0.3, -0.25) is 0 Å². The maximum atomic E-state index is 5.41. The molecule has 1 aliphatic rings. The molecule has 1 aliphatic heterocycles. The summed E-state index contributed by atoms with van der Waals surface area (Å²) in [6.45, 7) is 1.97. The molecular weight excluding hydrogens is 336 g/mol. The van der Waals surface area contributed by atoms with Crippen molar-refractivity contribution in [1.29, 1.82) is 0 Å². The summed E-state index contributed by atoms with van der Waals surface area (Å²) in [6.07, 6.45) is 4.45. The monoisotopic (exact) mass is 348 g/mol. The van der Waals surface area contributed by atoms with Gasteiger partial charge in [0.15, 0.2) is 0 Å². The third-order valence-electron chi connectivity index (χ3n) is 2.80. The van der Waals surface area contributed by atoms with E-state index in [1.807, 2.05) is 12.3 Å². The number of anilines is 1. The Hall–Kier alpha value is -0.130. The summed E-state index contributed by atoms with van der Waals surface area (Å²) in [5.74, 6) is 1.00. The van der Waals surface area contributed by atoms with Crippen molar-refractivity contribution >= 4 is 37.7 Å². The fraction of sp³-hybridized carbons (Fsp3) is 0.545. The number of piperidine rings is 1. The van der Waals surface area contributed by atoms with Gasteiger partial charge in [-0.1, -0.05) is 0 Å². The SMILES string of the molecule is COC1CCCN(c2ncc(Br)cc2Br)C1. The molecule has 1 unspecified atom stereocenters. The van der Waals surface area contributed by atoms with Crippen LogP contribution >= 0.6 is 31.9 Å². The van der Waals surface area contributed by atoms with Gasteiger partial charge in [0.1, 0.15) is 5.82 Å². The van der Waals surface area contributed by atoms with E-state index in [0.717, 1.165) is 40.7 Å². The van der Waals surface area contributed by atoms with Gasteiger partial charge in [0.25, 0.3) is 0 Å². The van der Waals surface area contributed by atoms with Gasteiger partial charge < -0.3 is 9.64 Å². The molecule has 16 heavy (non-hydrogen) atoms. The lowest BCUT2D eigenvalue weighted by Gasteiger charge is -2.33. The average Bonchev–Trinajstić information content (AvgIpc) is 2.29. The minimum absolute atomic E-state index is 0.325. The van der Waals surface area contributed by atoms with E-state index >= 15 is 0 Å². The van der Waals surface area contributed by atoms with Crippen molar-refractivity contribution in [2.24, 2.45) is 0 Å². The molecule has 0 amide bonds. The van der Waals surface area contributed by atoms with E-state index in [0.29, 0.717) is 6.10 Å². The summed E-state index contributed by atoms with van der Waals surface area (Å²) in [7, 11) is 1.78. The van der Waals surface area contributed by atoms with Crippen LogP contribution in [0, 0.1) is 0 Å². The fourth-order valence-electron chi connectivity index (χ4n) is 1.96. The van der Waals surface area contributed by atoms with Crippen molar-refractivity contribution < 1.29 is 4.74 Å². The molecule has 0 aromatic carbocycles. The van der Waals surface area contributed by atoms with Gasteiger partial charge in [-0.25, -0.2) is 4.98 Å². The van der Waals surface area contributed by atoms with Gasteiger partial charge in [-0.2, -0.15) is 0 Å². The molecule has 1 aromatic heterocycles. The van der Waals surface area contributed by atoms with E-state index in [1.165, 1.54) is 0 Å². The lowest BCUT2D eigenvalue weighted by Crippen LogP contribution is -2.39. The summed E-state index contributed by atoms with van der Waals surface area (Å²) in [5, 5.41) is 0. The van der Waals surface area contributed by atoms with Crippen LogP contribution in [0.3, 0.4) is 0 Å². The molecule has 3 nitrogen and oxygen atoms in total. The van der Waals surface area contributed by atoms with Crippen molar-refractivity contribution in [1.82, 2.24) is 4.98 Å². The number of aromatic nitrogens is 1. The first-order valence-electron chi connectivity index (χ1n) is 5.29. The molecule has 1 atom stereocenters. The van der Waals surface area contributed by atoms with Crippen LogP contribution in [-0.4, -0.2) is 31.3 Å². The van der Waals surface area contributed by atoms with Crippen LogP contribution in [0.25, 0.3) is 0 Å². The summed E-state index contributed by atoms with van der Waals surface area (Å²) < 4.78 is 7.43. The van der Waals surface area contributed by atoms with Crippen molar-refractivity contribution in [2.75, 3.05) is 25.1 Å². The molecule has 88 valence electrons. The zero-order chi connectivity index (χ0) is 11.5. The molecule has 0 bridgehead atoms. The van der Waals surface area contributed by atoms with Crippen LogP contribution in [0.4, 0.5) is 5.82 Å². The maximum absolute atomic E-state index is 5.41. The quantitative estimate of drug-likeness (QED) is 0.819. The molecule has 2 heterocycles. The summed E-state index contributed by atoms with van der Waals surface area (Å²) >= 11 is 6.96. The number of nitrogens with zero attached hydrogens (tertiary/aromatic N) is 2. The molecule has 0 saturated carbocycles. The smallest absolute Gasteiger partial charge is 0.143 e. The van der Waals surface area contributed by atoms with E-state index in [4.69, 9.17) is 4.74 Å². The number of rotatable bonds is 2. The third-order valence-corrected chi connectivity index (χ3v) is 3.82. The lowest BCUT2D eigenvalue weighted by molar-refractivity contribution is 0.0891. The highest BCUT2D eigenvalue weighted by Crippen LogP contribution is 2.29. The lowest BCUT2D eigenvalue weighted by atomic mass is 10.1. The highest BCUT2D eigenvalue weighted by molar-refractivity contribution is 9.11. The Morgan fingerprint density at radius 2 is 2.31 bits per heavy atom. The van der Waals surface area contributed by atoms with Crippen molar-refractivity contribution in [2.45, 2.75) is 18.9 Å². The Bertz CT molecular complexity index is 373. The fourth-order valence-corrected chi connectivity index (χ4v) is 3.20. The molecule has 1 saturated heterocycles. The Labute approximate surface area is 112 Å². The molecular formula is C11H14Br2N2O. The minimum atomic E-state index is 0.325. The molecule has 2 rings (SSSR count). The normalized spacial score (nSPS) is 21.2. The van der Waals surface area contributed by atoms with Crippen LogP contribution < -0.4 is 4.90 Å². The second kappa shape index (κ2) is 5.47. The predicted octanol–water partition coefficient (Wildman–Crippen LogP) is 3.22. The maximum Gasteiger partial charge on any atom is 0.143 e. The Kier molecular flexibility index (Phi) is 4.21. The van der Waals surface area contributed by atoms with Crippen molar-refractivity contribution in [3.8, 4) is 0 Å². The average molecular weight is 350 g/mol. The van der Waals surface area contributed by atoms with E-state index < -0.39 is 0 Å². The molecule has 5 heteroatoms. The van der Waals surface area contributed by atoms with E-state index in [9.17, 15) is 0 Å². The zero-order valence-corrected chi connectivity index (χ0v) is 12.3. The predicted molar refractivity (Wildman–Crippen MR) is 71.9 cm³/mol. The van der Waals surface area contributed by atoms with Gasteiger partial charge in [-0.05, 0) is 50.8 Å². The number of methoxy groups -OCH3 is 1. The molecule has 0 radical (unpaired) electrons. The molecule has 0 aliphatic carbocycles. The Morgan fingerprint density at radius 3 is 3.00 bits per heavy atom. The highest BCUT2D eigenvalue weighted by atomic mass is 79.9. The second-order valence-electron chi connectivity index (χ2n) is 3.90. The first-order valence-corrected chi connectivity index (χ1v) is 6.88. The van der Waals surface area contributed by atoms with Crippen LogP contribution in [-0.2, 0) is 4.74 Å². The van der Waals surface area contributed by atoms with Crippen LogP contribution in [0.2, 0.25) is 0 Å². The molecule has 1 fully saturated rings. The van der Waals surface area contributed by atoms with Gasteiger partial charge in [-0.15, -0.1) is 0 Å². The van der Waals surface area contributed by atoms with Crippen LogP contribution in [0.1, 0.15) is 12.8 Å². The topological polar surface area (TPSA) is 25.4 Å². The highest BCUT2D eigenvalue weighted by Gasteiger charge is 2.21. The number of ether oxygens (including phenoxy) is 1. The van der Waals surface area contributed by atoms with Gasteiger partial charge in [0.2, 0.25) is 0 Å². The standard InChI is InChI=1S/C11H14Br2N2O/c1-16-9-3-2-4-15(7-9)11-10(13)5-8(12)6-14-11/h5-6,9H,2-4,7H2,1H3. The second-order valence-corrected chi connectivity index (χ2v) is 5.67. The number of halogens is 2. The Morgan fingerprint density at radius 1 is 1.50 bits per heavy atom. The van der Waals surface area contributed by atoms with Crippen molar-refractivity contribution in [3.63, 3.8) is 0 Å². The van der Waals surface area contributed by atoms with Gasteiger partial charge in [0, 0.05) is 30.9 Å². The van der Waals surface area contributed by atoms with Crippen LogP contribution in [0.15, 0.2) is 21.2 Å². The summed E-state index contributed by atoms with van der Waals surface area (Å²) in [4.78, 5) is 6.72. The summed E-state index contributed by atoms with van der Waals surface area (Å²) in [5.41, 5.74) is 0. The first kappa shape index (κ1) is 12.3. The van der Waals surface area contributed by atoms with E-state index in [1.54, 1.807) is 7.11 Å². The Balaban J connectivity index is 2.16. The minimum Gasteiger partial charge on any atom is -0.380 e. The van der Waals surface area contributed by atoms with Crippen molar-refractivity contribution in [3.05, 3.63) is 21.2 Å². The molecule has 0 spiro atoms. The number of hydrogen-bond acceptors (Lipinski definition) is 3. The largest absolute Gasteiger partial charge is 0.380 e. The first-order chi connectivity index (χ1) is 7.70. The number of hydrogen-bond donors (Lipinski definition) is 0. The van der Waals surface area contributed by atoms with E-state index in [2.05, 4.69) is 41.7 Å². The zero-order valence-electron chi connectivity index (χ0n) is 9.12. The number of pyridine rings is 1. The molecule has 1 aromatic rings. The van der Waals surface area contributed by atoms with Crippen LogP contribution in [0.5, 0.6) is 0 Å². The third kappa shape index (κ3) is 2.76. The molecule has 0 N–H and O–H groups in total. The van der Waals surface area contributed by atoms with E-state index in [-0.39, 0.29) is 0 Å². The summed E-state index contributed by atoms with van der Waals surface area (Å²) in [6, 6.07) is 2.03. The van der Waals surface area contributed by atoms with Gasteiger partial charge in [0.05, 0.1) is 10.6 Å². The van der Waals surface area contributed by atoms with Gasteiger partial charge >= 0.3 is 0 Å².